The number of nitrogens with zero attached hydrogens (tertiary/aromatic N) is 4. The molecule has 1 saturated heterocycles. The van der Waals surface area contributed by atoms with Crippen LogP contribution in [0.3, 0.4) is 0 Å². The predicted octanol–water partition coefficient (Wildman–Crippen LogP) is 3.08. The molecule has 1 aromatic carbocycles. The van der Waals surface area contributed by atoms with Crippen LogP contribution in [-0.2, 0) is 6.54 Å². The Kier molecular flexibility index (Phi) is 5.17. The normalized spacial score (nSPS) is 14.8. The Morgan fingerprint density at radius 3 is 2.54 bits per heavy atom. The van der Waals surface area contributed by atoms with E-state index in [0.29, 0.717) is 44.5 Å². The summed E-state index contributed by atoms with van der Waals surface area (Å²) in [6.07, 6.45) is 0. The number of piperazine rings is 1. The van der Waals surface area contributed by atoms with E-state index < -0.39 is 0 Å². The van der Waals surface area contributed by atoms with Crippen molar-refractivity contribution in [3.8, 4) is 0 Å². The van der Waals surface area contributed by atoms with E-state index in [0.717, 1.165) is 15.9 Å². The first-order chi connectivity index (χ1) is 13.5. The number of fused-ring (bicyclic) bond motifs is 1. The lowest BCUT2D eigenvalue weighted by Gasteiger charge is -2.35. The molecule has 7 heteroatoms. The van der Waals surface area contributed by atoms with Gasteiger partial charge in [-0.1, -0.05) is 32.0 Å². The molecule has 1 amide bonds. The molecule has 6 nitrogen and oxygen atoms in total. The van der Waals surface area contributed by atoms with E-state index in [9.17, 15) is 9.59 Å². The van der Waals surface area contributed by atoms with Crippen LogP contribution in [0, 0.1) is 5.92 Å². The lowest BCUT2D eigenvalue weighted by molar-refractivity contribution is 0.0751. The van der Waals surface area contributed by atoms with Crippen LogP contribution in [0.1, 0.15) is 23.5 Å². The highest BCUT2D eigenvalue weighted by molar-refractivity contribution is 7.12. The summed E-state index contributed by atoms with van der Waals surface area (Å²) in [6, 6.07) is 11.5. The van der Waals surface area contributed by atoms with Gasteiger partial charge in [-0.25, -0.2) is 4.98 Å². The zero-order chi connectivity index (χ0) is 19.7. The highest BCUT2D eigenvalue weighted by Gasteiger charge is 2.25. The standard InChI is InChI=1S/C21H24N4O2S/c1-15(2)14-25-17-7-4-3-6-16(17)22-19(21(25)27)23-9-11-24(12-10-23)20(26)18-8-5-13-28-18/h3-8,13,15H,9-12,14H2,1-2H3. The number of benzene rings is 1. The zero-order valence-corrected chi connectivity index (χ0v) is 17.0. The first-order valence-electron chi connectivity index (χ1n) is 9.62. The number of hydrogen-bond acceptors (Lipinski definition) is 5. The molecule has 4 rings (SSSR count). The van der Waals surface area contributed by atoms with E-state index in [1.165, 1.54) is 11.3 Å². The largest absolute Gasteiger partial charge is 0.348 e. The number of para-hydroxylation sites is 2. The van der Waals surface area contributed by atoms with E-state index in [-0.39, 0.29) is 11.5 Å². The van der Waals surface area contributed by atoms with Gasteiger partial charge >= 0.3 is 0 Å². The van der Waals surface area contributed by atoms with Crippen LogP contribution >= 0.6 is 11.3 Å². The summed E-state index contributed by atoms with van der Waals surface area (Å²) in [5.74, 6) is 0.914. The van der Waals surface area contributed by atoms with Crippen molar-refractivity contribution in [3.05, 3.63) is 57.0 Å². The Hall–Kier alpha value is -2.67. The van der Waals surface area contributed by atoms with E-state index in [2.05, 4.69) is 18.8 Å². The maximum Gasteiger partial charge on any atom is 0.294 e. The molecule has 1 aliphatic heterocycles. The second-order valence-electron chi connectivity index (χ2n) is 7.49. The van der Waals surface area contributed by atoms with E-state index in [4.69, 9.17) is 0 Å². The Labute approximate surface area is 168 Å². The SMILES string of the molecule is CC(C)Cn1c(=O)c(N2CCN(C(=O)c3cccs3)CC2)nc2ccccc21. The van der Waals surface area contributed by atoms with Crippen LogP contribution in [0.2, 0.25) is 0 Å². The van der Waals surface area contributed by atoms with Crippen LogP contribution < -0.4 is 10.5 Å². The van der Waals surface area contributed by atoms with Gasteiger partial charge in [0.05, 0.1) is 15.9 Å². The summed E-state index contributed by atoms with van der Waals surface area (Å²) >= 11 is 1.46. The molecule has 2 aromatic heterocycles. The average Bonchev–Trinajstić information content (AvgIpc) is 3.24. The lowest BCUT2D eigenvalue weighted by Crippen LogP contribution is -2.50. The molecule has 28 heavy (non-hydrogen) atoms. The Morgan fingerprint density at radius 1 is 1.11 bits per heavy atom. The molecule has 0 radical (unpaired) electrons. The molecule has 1 fully saturated rings. The Bertz CT molecular complexity index is 1030. The van der Waals surface area contributed by atoms with Gasteiger partial charge in [-0.15, -0.1) is 11.3 Å². The number of rotatable bonds is 4. The molecular weight excluding hydrogens is 372 g/mol. The summed E-state index contributed by atoms with van der Waals surface area (Å²) < 4.78 is 1.84. The van der Waals surface area contributed by atoms with Crippen LogP contribution in [0.4, 0.5) is 5.82 Å². The van der Waals surface area contributed by atoms with Gasteiger partial charge in [0.15, 0.2) is 5.82 Å². The van der Waals surface area contributed by atoms with Crippen molar-refractivity contribution >= 4 is 34.1 Å². The number of thiophene rings is 1. The lowest BCUT2D eigenvalue weighted by atomic mass is 10.2. The molecule has 0 unspecified atom stereocenters. The fourth-order valence-electron chi connectivity index (χ4n) is 3.61. The van der Waals surface area contributed by atoms with E-state index in [1.807, 2.05) is 56.1 Å². The summed E-state index contributed by atoms with van der Waals surface area (Å²) in [5, 5.41) is 1.92. The molecular formula is C21H24N4O2S. The minimum absolute atomic E-state index is 0.0505. The minimum Gasteiger partial charge on any atom is -0.348 e. The third kappa shape index (κ3) is 3.54. The van der Waals surface area contributed by atoms with Crippen molar-refractivity contribution in [2.45, 2.75) is 20.4 Å². The molecule has 0 saturated carbocycles. The highest BCUT2D eigenvalue weighted by Crippen LogP contribution is 2.19. The first-order valence-corrected chi connectivity index (χ1v) is 10.5. The zero-order valence-electron chi connectivity index (χ0n) is 16.2. The molecule has 0 spiro atoms. The maximum absolute atomic E-state index is 13.2. The quantitative estimate of drug-likeness (QED) is 0.680. The monoisotopic (exact) mass is 396 g/mol. The van der Waals surface area contributed by atoms with Gasteiger partial charge < -0.3 is 14.4 Å². The molecule has 1 aliphatic rings. The van der Waals surface area contributed by atoms with Gasteiger partial charge in [-0.3, -0.25) is 9.59 Å². The van der Waals surface area contributed by atoms with Crippen molar-refractivity contribution < 1.29 is 4.79 Å². The molecule has 0 bridgehead atoms. The van der Waals surface area contributed by atoms with Crippen molar-refractivity contribution in [2.24, 2.45) is 5.92 Å². The molecule has 0 N–H and O–H groups in total. The third-order valence-electron chi connectivity index (χ3n) is 4.98. The second-order valence-corrected chi connectivity index (χ2v) is 8.44. The van der Waals surface area contributed by atoms with E-state index >= 15 is 0 Å². The van der Waals surface area contributed by atoms with Crippen molar-refractivity contribution in [1.82, 2.24) is 14.5 Å². The fourth-order valence-corrected chi connectivity index (χ4v) is 4.30. The minimum atomic E-state index is -0.0505. The number of hydrogen-bond donors (Lipinski definition) is 0. The van der Waals surface area contributed by atoms with Crippen molar-refractivity contribution in [1.29, 1.82) is 0 Å². The topological polar surface area (TPSA) is 58.4 Å². The van der Waals surface area contributed by atoms with Crippen molar-refractivity contribution in [2.75, 3.05) is 31.1 Å². The number of anilines is 1. The van der Waals surface area contributed by atoms with Gasteiger partial charge in [0.1, 0.15) is 0 Å². The summed E-state index contributed by atoms with van der Waals surface area (Å²) in [7, 11) is 0. The van der Waals surface area contributed by atoms with Crippen LogP contribution in [0.15, 0.2) is 46.6 Å². The van der Waals surface area contributed by atoms with E-state index in [1.54, 1.807) is 0 Å². The smallest absolute Gasteiger partial charge is 0.294 e. The Balaban J connectivity index is 1.61. The van der Waals surface area contributed by atoms with Crippen molar-refractivity contribution in [3.63, 3.8) is 0 Å². The number of amides is 1. The molecule has 146 valence electrons. The number of carbonyl (C=O) groups excluding carboxylic acids is 1. The van der Waals surface area contributed by atoms with Gasteiger partial charge in [-0.05, 0) is 29.5 Å². The van der Waals surface area contributed by atoms with Crippen LogP contribution in [0.5, 0.6) is 0 Å². The van der Waals surface area contributed by atoms with Gasteiger partial charge in [-0.2, -0.15) is 0 Å². The van der Waals surface area contributed by atoms with Gasteiger partial charge in [0.25, 0.3) is 11.5 Å². The van der Waals surface area contributed by atoms with Crippen LogP contribution in [0.25, 0.3) is 11.0 Å². The third-order valence-corrected chi connectivity index (χ3v) is 5.84. The second kappa shape index (κ2) is 7.75. The maximum atomic E-state index is 13.2. The first kappa shape index (κ1) is 18.7. The molecule has 3 heterocycles. The summed E-state index contributed by atoms with van der Waals surface area (Å²) in [6.45, 7) is 7.28. The predicted molar refractivity (Wildman–Crippen MR) is 113 cm³/mol. The highest BCUT2D eigenvalue weighted by atomic mass is 32.1. The number of aromatic nitrogens is 2. The summed E-state index contributed by atoms with van der Waals surface area (Å²) in [5.41, 5.74) is 1.65. The summed E-state index contributed by atoms with van der Waals surface area (Å²) in [4.78, 5) is 35.1. The molecule has 3 aromatic rings. The average molecular weight is 397 g/mol. The molecule has 0 atom stereocenters. The Morgan fingerprint density at radius 2 is 1.86 bits per heavy atom. The fraction of sp³-hybridized carbons (Fsp3) is 0.381. The van der Waals surface area contributed by atoms with Crippen LogP contribution in [-0.4, -0.2) is 46.5 Å². The molecule has 0 aliphatic carbocycles. The number of carbonyl (C=O) groups is 1. The van der Waals surface area contributed by atoms with Gasteiger partial charge in [0, 0.05) is 32.7 Å². The van der Waals surface area contributed by atoms with Gasteiger partial charge in [0.2, 0.25) is 0 Å².